The van der Waals surface area contributed by atoms with Crippen LogP contribution in [-0.2, 0) is 6.42 Å². The zero-order valence-corrected chi connectivity index (χ0v) is 13.2. The van der Waals surface area contributed by atoms with Crippen LogP contribution in [0.5, 0.6) is 11.5 Å². The highest BCUT2D eigenvalue weighted by atomic mass is 79.9. The van der Waals surface area contributed by atoms with E-state index in [9.17, 15) is 4.39 Å². The first kappa shape index (κ1) is 15.3. The fourth-order valence-corrected chi connectivity index (χ4v) is 2.42. The van der Waals surface area contributed by atoms with Gasteiger partial charge in [0.15, 0.2) is 0 Å². The zero-order valence-electron chi connectivity index (χ0n) is 10.9. The Labute approximate surface area is 130 Å². The lowest BCUT2D eigenvalue weighted by Crippen LogP contribution is -2.18. The quantitative estimate of drug-likeness (QED) is 0.841. The molecule has 0 saturated heterocycles. The number of halogens is 3. The molecule has 0 radical (unpaired) electrons. The van der Waals surface area contributed by atoms with E-state index in [-0.39, 0.29) is 11.9 Å². The van der Waals surface area contributed by atoms with Crippen LogP contribution in [0.15, 0.2) is 40.9 Å². The van der Waals surface area contributed by atoms with Crippen LogP contribution in [0.4, 0.5) is 4.39 Å². The summed E-state index contributed by atoms with van der Waals surface area (Å²) in [4.78, 5) is 0. The van der Waals surface area contributed by atoms with Crippen molar-refractivity contribution in [1.29, 1.82) is 0 Å². The minimum Gasteiger partial charge on any atom is -0.455 e. The molecule has 1 atom stereocenters. The molecule has 106 valence electrons. The molecule has 2 rings (SSSR count). The van der Waals surface area contributed by atoms with E-state index in [1.807, 2.05) is 19.1 Å². The Morgan fingerprint density at radius 2 is 2.10 bits per heavy atom. The van der Waals surface area contributed by atoms with Gasteiger partial charge in [0.1, 0.15) is 17.3 Å². The van der Waals surface area contributed by atoms with Crippen LogP contribution in [-0.4, -0.2) is 6.04 Å². The summed E-state index contributed by atoms with van der Waals surface area (Å²) in [7, 11) is 0. The second kappa shape index (κ2) is 6.57. The van der Waals surface area contributed by atoms with E-state index in [4.69, 9.17) is 22.1 Å². The van der Waals surface area contributed by atoms with Crippen LogP contribution in [0.1, 0.15) is 12.5 Å². The van der Waals surface area contributed by atoms with Gasteiger partial charge in [-0.1, -0.05) is 23.7 Å². The predicted octanol–water partition coefficient (Wildman–Crippen LogP) is 4.92. The van der Waals surface area contributed by atoms with Gasteiger partial charge in [0.05, 0.1) is 9.50 Å². The lowest BCUT2D eigenvalue weighted by atomic mass is 10.1. The van der Waals surface area contributed by atoms with Gasteiger partial charge in [0.2, 0.25) is 0 Å². The number of para-hydroxylation sites is 1. The maximum atomic E-state index is 13.2. The van der Waals surface area contributed by atoms with Crippen molar-refractivity contribution in [2.24, 2.45) is 5.73 Å². The van der Waals surface area contributed by atoms with Crippen molar-refractivity contribution < 1.29 is 9.13 Å². The minimum absolute atomic E-state index is 0.00392. The van der Waals surface area contributed by atoms with Crippen LogP contribution >= 0.6 is 27.5 Å². The summed E-state index contributed by atoms with van der Waals surface area (Å²) in [6, 6.07) is 9.97. The maximum absolute atomic E-state index is 13.2. The molecule has 0 aliphatic rings. The van der Waals surface area contributed by atoms with Crippen LogP contribution < -0.4 is 10.5 Å². The summed E-state index contributed by atoms with van der Waals surface area (Å²) in [6.07, 6.45) is 0.651. The van der Waals surface area contributed by atoms with Gasteiger partial charge in [-0.05, 0) is 59.1 Å². The molecule has 5 heteroatoms. The Morgan fingerprint density at radius 1 is 1.35 bits per heavy atom. The Hall–Kier alpha value is -1.10. The van der Waals surface area contributed by atoms with E-state index >= 15 is 0 Å². The fourth-order valence-electron chi connectivity index (χ4n) is 1.83. The van der Waals surface area contributed by atoms with Gasteiger partial charge in [-0.2, -0.15) is 0 Å². The van der Waals surface area contributed by atoms with Crippen molar-refractivity contribution in [3.63, 3.8) is 0 Å². The SMILES string of the molecule is CC(N)Cc1cccc(Cl)c1Oc1ccc(F)c(Br)c1. The molecule has 0 heterocycles. The zero-order chi connectivity index (χ0) is 14.7. The van der Waals surface area contributed by atoms with Crippen molar-refractivity contribution in [2.45, 2.75) is 19.4 Å². The molecular weight excluding hydrogens is 345 g/mol. The monoisotopic (exact) mass is 357 g/mol. The number of hydrogen-bond donors (Lipinski definition) is 1. The Kier molecular flexibility index (Phi) is 5.02. The van der Waals surface area contributed by atoms with Gasteiger partial charge in [-0.25, -0.2) is 4.39 Å². The molecule has 0 bridgehead atoms. The number of ether oxygens (including phenoxy) is 1. The smallest absolute Gasteiger partial charge is 0.149 e. The second-order valence-electron chi connectivity index (χ2n) is 4.59. The first-order valence-electron chi connectivity index (χ1n) is 6.13. The molecule has 0 saturated carbocycles. The van der Waals surface area contributed by atoms with Crippen molar-refractivity contribution in [1.82, 2.24) is 0 Å². The molecule has 0 amide bonds. The Balaban J connectivity index is 2.34. The summed E-state index contributed by atoms with van der Waals surface area (Å²) < 4.78 is 19.4. The van der Waals surface area contributed by atoms with Crippen molar-refractivity contribution in [3.05, 3.63) is 57.3 Å². The number of nitrogens with two attached hydrogens (primary N) is 1. The van der Waals surface area contributed by atoms with E-state index in [0.717, 1.165) is 5.56 Å². The molecule has 0 aliphatic heterocycles. The average Bonchev–Trinajstić information content (AvgIpc) is 2.37. The highest BCUT2D eigenvalue weighted by Crippen LogP contribution is 2.34. The largest absolute Gasteiger partial charge is 0.455 e. The van der Waals surface area contributed by atoms with E-state index in [2.05, 4.69) is 15.9 Å². The predicted molar refractivity (Wildman–Crippen MR) is 83.0 cm³/mol. The molecule has 1 unspecified atom stereocenters. The number of hydrogen-bond acceptors (Lipinski definition) is 2. The molecule has 0 spiro atoms. The van der Waals surface area contributed by atoms with Crippen LogP contribution in [0.3, 0.4) is 0 Å². The molecule has 20 heavy (non-hydrogen) atoms. The molecule has 2 N–H and O–H groups in total. The van der Waals surface area contributed by atoms with Crippen molar-refractivity contribution >= 4 is 27.5 Å². The first-order chi connectivity index (χ1) is 9.47. The maximum Gasteiger partial charge on any atom is 0.149 e. The highest BCUT2D eigenvalue weighted by molar-refractivity contribution is 9.10. The van der Waals surface area contributed by atoms with Gasteiger partial charge < -0.3 is 10.5 Å². The van der Waals surface area contributed by atoms with Gasteiger partial charge >= 0.3 is 0 Å². The summed E-state index contributed by atoms with van der Waals surface area (Å²) in [6.45, 7) is 1.92. The molecule has 0 aliphatic carbocycles. The fraction of sp³-hybridized carbons (Fsp3) is 0.200. The van der Waals surface area contributed by atoms with Crippen LogP contribution in [0, 0.1) is 5.82 Å². The normalized spacial score (nSPS) is 12.2. The summed E-state index contributed by atoms with van der Waals surface area (Å²) in [5, 5.41) is 0.503. The van der Waals surface area contributed by atoms with Gasteiger partial charge in [0, 0.05) is 6.04 Å². The molecule has 0 aromatic heterocycles. The molecule has 2 nitrogen and oxygen atoms in total. The van der Waals surface area contributed by atoms with E-state index < -0.39 is 0 Å². The van der Waals surface area contributed by atoms with E-state index in [1.54, 1.807) is 18.2 Å². The van der Waals surface area contributed by atoms with Crippen molar-refractivity contribution in [3.8, 4) is 11.5 Å². The van der Waals surface area contributed by atoms with Crippen LogP contribution in [0.2, 0.25) is 5.02 Å². The average molecular weight is 359 g/mol. The third kappa shape index (κ3) is 3.72. The van der Waals surface area contributed by atoms with Gasteiger partial charge in [0.25, 0.3) is 0 Å². The standard InChI is InChI=1S/C15H14BrClFNO/c1-9(19)7-10-3-2-4-13(17)15(10)20-11-5-6-14(18)12(16)8-11/h2-6,8-9H,7,19H2,1H3. The van der Waals surface area contributed by atoms with Gasteiger partial charge in [-0.3, -0.25) is 0 Å². The molecule has 2 aromatic carbocycles. The lowest BCUT2D eigenvalue weighted by molar-refractivity contribution is 0.471. The van der Waals surface area contributed by atoms with Crippen molar-refractivity contribution in [2.75, 3.05) is 0 Å². The third-order valence-electron chi connectivity index (χ3n) is 2.70. The molecular formula is C15H14BrClFNO. The minimum atomic E-state index is -0.340. The third-order valence-corrected chi connectivity index (χ3v) is 3.61. The number of rotatable bonds is 4. The number of benzene rings is 2. The summed E-state index contributed by atoms with van der Waals surface area (Å²) >= 11 is 9.31. The Morgan fingerprint density at radius 3 is 2.75 bits per heavy atom. The summed E-state index contributed by atoms with van der Waals surface area (Å²) in [5.74, 6) is 0.731. The molecule has 0 fully saturated rings. The highest BCUT2D eigenvalue weighted by Gasteiger charge is 2.12. The van der Waals surface area contributed by atoms with E-state index in [0.29, 0.717) is 27.4 Å². The molecule has 2 aromatic rings. The Bertz CT molecular complexity index is 619. The lowest BCUT2D eigenvalue weighted by Gasteiger charge is -2.14. The topological polar surface area (TPSA) is 35.2 Å². The summed E-state index contributed by atoms with van der Waals surface area (Å²) in [5.41, 5.74) is 6.75. The van der Waals surface area contributed by atoms with E-state index in [1.165, 1.54) is 6.07 Å². The second-order valence-corrected chi connectivity index (χ2v) is 5.85. The van der Waals surface area contributed by atoms with Gasteiger partial charge in [-0.15, -0.1) is 0 Å². The first-order valence-corrected chi connectivity index (χ1v) is 7.30. The van der Waals surface area contributed by atoms with Crippen LogP contribution in [0.25, 0.3) is 0 Å².